The van der Waals surface area contributed by atoms with E-state index < -0.39 is 0 Å². The van der Waals surface area contributed by atoms with E-state index in [2.05, 4.69) is 4.98 Å². The third kappa shape index (κ3) is 1.45. The number of fused-ring (bicyclic) bond motifs is 1. The van der Waals surface area contributed by atoms with Crippen LogP contribution in [-0.2, 0) is 0 Å². The van der Waals surface area contributed by atoms with Crippen molar-refractivity contribution < 1.29 is 4.39 Å². The number of rotatable bonds is 0. The molecule has 4 heteroatoms. The lowest BCUT2D eigenvalue weighted by atomic mass is 10.2. The van der Waals surface area contributed by atoms with Crippen molar-refractivity contribution in [3.05, 3.63) is 39.8 Å². The summed E-state index contributed by atoms with van der Waals surface area (Å²) in [4.78, 5) is 4.19. The molecule has 0 fully saturated rings. The summed E-state index contributed by atoms with van der Waals surface area (Å²) in [5, 5.41) is 1.28. The molecule has 0 radical (unpaired) electrons. The van der Waals surface area contributed by atoms with E-state index in [1.807, 2.05) is 0 Å². The van der Waals surface area contributed by atoms with E-state index >= 15 is 0 Å². The Kier molecular flexibility index (Phi) is 2.33. The van der Waals surface area contributed by atoms with E-state index in [1.54, 1.807) is 13.0 Å². The summed E-state index contributed by atoms with van der Waals surface area (Å²) in [6, 6.07) is 4.26. The lowest BCUT2D eigenvalue weighted by Gasteiger charge is -2.04. The van der Waals surface area contributed by atoms with E-state index in [9.17, 15) is 4.39 Å². The fraction of sp³-hybridized carbons (Fsp3) is 0.100. The average molecular weight is 230 g/mol. The Morgan fingerprint density at radius 2 is 1.93 bits per heavy atom. The van der Waals surface area contributed by atoms with Crippen LogP contribution in [0.5, 0.6) is 0 Å². The van der Waals surface area contributed by atoms with Crippen molar-refractivity contribution in [2.24, 2.45) is 0 Å². The maximum Gasteiger partial charge on any atom is 0.124 e. The van der Waals surface area contributed by atoms with Gasteiger partial charge in [-0.15, -0.1) is 0 Å². The van der Waals surface area contributed by atoms with Crippen molar-refractivity contribution in [1.29, 1.82) is 0 Å². The van der Waals surface area contributed by atoms with Crippen molar-refractivity contribution >= 4 is 34.1 Å². The summed E-state index contributed by atoms with van der Waals surface area (Å²) in [6.07, 6.45) is 0. The van der Waals surface area contributed by atoms with Crippen molar-refractivity contribution in [2.45, 2.75) is 6.92 Å². The van der Waals surface area contributed by atoms with Gasteiger partial charge in [0.25, 0.3) is 0 Å². The first-order valence-corrected chi connectivity index (χ1v) is 4.76. The normalized spacial score (nSPS) is 10.9. The van der Waals surface area contributed by atoms with Gasteiger partial charge in [-0.05, 0) is 25.1 Å². The number of nitrogens with zero attached hydrogens (tertiary/aromatic N) is 1. The zero-order chi connectivity index (χ0) is 10.3. The van der Waals surface area contributed by atoms with Gasteiger partial charge >= 0.3 is 0 Å². The minimum atomic E-state index is -0.346. The number of aryl methyl sites for hydroxylation is 1. The zero-order valence-corrected chi connectivity index (χ0v) is 8.83. The molecule has 0 spiro atoms. The fourth-order valence-electron chi connectivity index (χ4n) is 1.29. The van der Waals surface area contributed by atoms with Crippen LogP contribution in [0.25, 0.3) is 10.9 Å². The molecule has 1 aromatic heterocycles. The molecule has 0 saturated heterocycles. The Hall–Kier alpha value is -0.860. The van der Waals surface area contributed by atoms with Crippen LogP contribution < -0.4 is 0 Å². The second kappa shape index (κ2) is 3.37. The molecule has 0 unspecified atom stereocenters. The second-order valence-corrected chi connectivity index (χ2v) is 3.74. The highest BCUT2D eigenvalue weighted by molar-refractivity contribution is 6.45. The van der Waals surface area contributed by atoms with E-state index in [4.69, 9.17) is 23.2 Å². The number of halogens is 3. The van der Waals surface area contributed by atoms with Crippen LogP contribution in [0, 0.1) is 12.7 Å². The van der Waals surface area contributed by atoms with Crippen molar-refractivity contribution in [2.75, 3.05) is 0 Å². The SMILES string of the molecule is Cc1nc2ccc(F)cc2c(Cl)c1Cl. The van der Waals surface area contributed by atoms with Crippen LogP contribution in [0.4, 0.5) is 4.39 Å². The van der Waals surface area contributed by atoms with Crippen LogP contribution in [0.1, 0.15) is 5.69 Å². The van der Waals surface area contributed by atoms with Gasteiger partial charge in [0.2, 0.25) is 0 Å². The summed E-state index contributed by atoms with van der Waals surface area (Å²) in [7, 11) is 0. The molecule has 0 aliphatic rings. The third-order valence-corrected chi connectivity index (χ3v) is 2.95. The first kappa shape index (κ1) is 9.69. The molecule has 2 rings (SSSR count). The molecule has 0 aliphatic carbocycles. The molecule has 1 nitrogen and oxygen atoms in total. The first-order chi connectivity index (χ1) is 6.59. The summed E-state index contributed by atoms with van der Waals surface area (Å²) >= 11 is 11.9. The van der Waals surface area contributed by atoms with Crippen molar-refractivity contribution in [3.63, 3.8) is 0 Å². The summed E-state index contributed by atoms with van der Waals surface area (Å²) in [6.45, 7) is 1.76. The van der Waals surface area contributed by atoms with Gasteiger partial charge in [-0.1, -0.05) is 23.2 Å². The van der Waals surface area contributed by atoms with Gasteiger partial charge in [0.05, 0.1) is 21.3 Å². The number of hydrogen-bond donors (Lipinski definition) is 0. The van der Waals surface area contributed by atoms with Crippen LogP contribution in [0.15, 0.2) is 18.2 Å². The molecule has 0 amide bonds. The van der Waals surface area contributed by atoms with Crippen LogP contribution in [-0.4, -0.2) is 4.98 Å². The summed E-state index contributed by atoms with van der Waals surface area (Å²) < 4.78 is 12.9. The van der Waals surface area contributed by atoms with E-state index in [0.717, 1.165) is 0 Å². The second-order valence-electron chi connectivity index (χ2n) is 2.99. The number of pyridine rings is 1. The average Bonchev–Trinajstić information content (AvgIpc) is 2.16. The standard InChI is InChI=1S/C10H6Cl2FN/c1-5-9(11)10(12)7-4-6(13)2-3-8(7)14-5/h2-4H,1H3. The minimum Gasteiger partial charge on any atom is -0.251 e. The van der Waals surface area contributed by atoms with Gasteiger partial charge in [-0.25, -0.2) is 4.39 Å². The Bertz CT molecular complexity index is 511. The predicted molar refractivity (Wildman–Crippen MR) is 56.5 cm³/mol. The lowest BCUT2D eigenvalue weighted by Crippen LogP contribution is -1.88. The molecule has 72 valence electrons. The van der Waals surface area contributed by atoms with E-state index in [1.165, 1.54) is 12.1 Å². The Labute approximate surface area is 90.5 Å². The Morgan fingerprint density at radius 1 is 1.21 bits per heavy atom. The number of hydrogen-bond acceptors (Lipinski definition) is 1. The van der Waals surface area contributed by atoms with Gasteiger partial charge in [0.15, 0.2) is 0 Å². The molecular weight excluding hydrogens is 224 g/mol. The highest BCUT2D eigenvalue weighted by Crippen LogP contribution is 2.31. The quantitative estimate of drug-likeness (QED) is 0.666. The van der Waals surface area contributed by atoms with Crippen molar-refractivity contribution in [1.82, 2.24) is 4.98 Å². The molecular formula is C10H6Cl2FN. The Balaban J connectivity index is 2.92. The molecule has 2 aromatic rings. The minimum absolute atomic E-state index is 0.346. The lowest BCUT2D eigenvalue weighted by molar-refractivity contribution is 0.629. The summed E-state index contributed by atoms with van der Waals surface area (Å²) in [5.74, 6) is -0.346. The van der Waals surface area contributed by atoms with Gasteiger partial charge in [0.1, 0.15) is 5.82 Å². The van der Waals surface area contributed by atoms with Gasteiger partial charge in [0, 0.05) is 5.39 Å². The highest BCUT2D eigenvalue weighted by atomic mass is 35.5. The van der Waals surface area contributed by atoms with Crippen molar-refractivity contribution in [3.8, 4) is 0 Å². The van der Waals surface area contributed by atoms with Crippen LogP contribution >= 0.6 is 23.2 Å². The molecule has 0 atom stereocenters. The third-order valence-electron chi connectivity index (χ3n) is 1.99. The first-order valence-electron chi connectivity index (χ1n) is 4.00. The van der Waals surface area contributed by atoms with Gasteiger partial charge in [-0.2, -0.15) is 0 Å². The summed E-state index contributed by atoms with van der Waals surface area (Å²) in [5.41, 5.74) is 1.30. The molecule has 0 N–H and O–H groups in total. The van der Waals surface area contributed by atoms with Crippen LogP contribution in [0.2, 0.25) is 10.0 Å². The molecule has 1 aromatic carbocycles. The number of aromatic nitrogens is 1. The van der Waals surface area contributed by atoms with Gasteiger partial charge in [-0.3, -0.25) is 4.98 Å². The smallest absolute Gasteiger partial charge is 0.124 e. The number of benzene rings is 1. The molecule has 0 saturated carbocycles. The molecule has 1 heterocycles. The molecule has 0 bridgehead atoms. The van der Waals surface area contributed by atoms with E-state index in [-0.39, 0.29) is 5.82 Å². The molecule has 14 heavy (non-hydrogen) atoms. The monoisotopic (exact) mass is 229 g/mol. The highest BCUT2D eigenvalue weighted by Gasteiger charge is 2.09. The topological polar surface area (TPSA) is 12.9 Å². The fourth-order valence-corrected chi connectivity index (χ4v) is 1.72. The largest absolute Gasteiger partial charge is 0.251 e. The van der Waals surface area contributed by atoms with E-state index in [0.29, 0.717) is 26.6 Å². The maximum absolute atomic E-state index is 12.9. The van der Waals surface area contributed by atoms with Crippen LogP contribution in [0.3, 0.4) is 0 Å². The van der Waals surface area contributed by atoms with Gasteiger partial charge < -0.3 is 0 Å². The predicted octanol–water partition coefficient (Wildman–Crippen LogP) is 3.99. The Morgan fingerprint density at radius 3 is 2.64 bits per heavy atom. The zero-order valence-electron chi connectivity index (χ0n) is 7.31. The maximum atomic E-state index is 12.9. The molecule has 0 aliphatic heterocycles.